The zero-order chi connectivity index (χ0) is 13.4. The molecular weight excluding hydrogens is 226 g/mol. The Labute approximate surface area is 110 Å². The fraction of sp³-hybridized carbons (Fsp3) is 0.929. The molecule has 1 unspecified atom stereocenters. The van der Waals surface area contributed by atoms with E-state index in [0.717, 1.165) is 32.5 Å². The van der Waals surface area contributed by atoms with Crippen molar-refractivity contribution in [1.29, 1.82) is 0 Å². The number of hydrogen-bond donors (Lipinski definition) is 2. The van der Waals surface area contributed by atoms with Crippen LogP contribution in [0, 0.1) is 11.3 Å². The van der Waals surface area contributed by atoms with Crippen LogP contribution in [0.2, 0.25) is 0 Å². The van der Waals surface area contributed by atoms with E-state index in [9.17, 15) is 4.79 Å². The average Bonchev–Trinajstić information content (AvgIpc) is 3.12. The molecule has 0 aromatic rings. The lowest BCUT2D eigenvalue weighted by Gasteiger charge is -2.42. The molecule has 1 saturated carbocycles. The first kappa shape index (κ1) is 13.8. The predicted molar refractivity (Wildman–Crippen MR) is 73.2 cm³/mol. The maximum Gasteiger partial charge on any atom is 0.239 e. The highest BCUT2D eigenvalue weighted by Gasteiger charge is 2.50. The van der Waals surface area contributed by atoms with Gasteiger partial charge in [0.25, 0.3) is 0 Å². The number of nitrogens with one attached hydrogen (secondary N) is 1. The lowest BCUT2D eigenvalue weighted by atomic mass is 9.81. The Balaban J connectivity index is 2.00. The van der Waals surface area contributed by atoms with Gasteiger partial charge in [-0.1, -0.05) is 13.8 Å². The van der Waals surface area contributed by atoms with E-state index in [2.05, 4.69) is 24.1 Å². The SMILES string of the molecule is CNC(CN1CCC(C)(C)CC1)(C(N)=O)C1CC1. The number of nitrogens with two attached hydrogens (primary N) is 1. The third-order valence-electron chi connectivity index (χ3n) is 4.84. The minimum atomic E-state index is -0.499. The van der Waals surface area contributed by atoms with Gasteiger partial charge >= 0.3 is 0 Å². The first-order valence-electron chi connectivity index (χ1n) is 7.11. The molecule has 0 radical (unpaired) electrons. The molecule has 0 aromatic carbocycles. The van der Waals surface area contributed by atoms with Gasteiger partial charge in [-0.05, 0) is 57.2 Å². The summed E-state index contributed by atoms with van der Waals surface area (Å²) in [5, 5.41) is 3.23. The van der Waals surface area contributed by atoms with E-state index in [1.807, 2.05) is 7.05 Å². The minimum absolute atomic E-state index is 0.183. The van der Waals surface area contributed by atoms with E-state index in [0.29, 0.717) is 11.3 Å². The summed E-state index contributed by atoms with van der Waals surface area (Å²) >= 11 is 0. The third kappa shape index (κ3) is 2.69. The summed E-state index contributed by atoms with van der Waals surface area (Å²) in [6.45, 7) is 7.59. The Hall–Kier alpha value is -0.610. The highest BCUT2D eigenvalue weighted by molar-refractivity contribution is 5.86. The number of amides is 1. The molecule has 4 nitrogen and oxygen atoms in total. The molecule has 1 aliphatic carbocycles. The molecule has 4 heteroatoms. The van der Waals surface area contributed by atoms with Gasteiger partial charge in [-0.25, -0.2) is 0 Å². The molecule has 0 aromatic heterocycles. The topological polar surface area (TPSA) is 58.4 Å². The second-order valence-electron chi connectivity index (χ2n) is 6.80. The maximum absolute atomic E-state index is 11.9. The van der Waals surface area contributed by atoms with Crippen molar-refractivity contribution < 1.29 is 4.79 Å². The lowest BCUT2D eigenvalue weighted by molar-refractivity contribution is -0.126. The second-order valence-corrected chi connectivity index (χ2v) is 6.80. The zero-order valence-corrected chi connectivity index (χ0v) is 12.0. The molecule has 104 valence electrons. The van der Waals surface area contributed by atoms with Crippen molar-refractivity contribution in [2.45, 2.75) is 45.1 Å². The summed E-state index contributed by atoms with van der Waals surface area (Å²) < 4.78 is 0. The first-order valence-corrected chi connectivity index (χ1v) is 7.11. The van der Waals surface area contributed by atoms with Crippen LogP contribution in [0.1, 0.15) is 39.5 Å². The molecule has 0 spiro atoms. The van der Waals surface area contributed by atoms with Gasteiger partial charge in [0.2, 0.25) is 5.91 Å². The van der Waals surface area contributed by atoms with Crippen molar-refractivity contribution in [3.63, 3.8) is 0 Å². The standard InChI is InChI=1S/C14H27N3O/c1-13(2)6-8-17(9-7-13)10-14(16-3,12(15)18)11-4-5-11/h11,16H,4-10H2,1-3H3,(H2,15,18). The second kappa shape index (κ2) is 4.82. The van der Waals surface area contributed by atoms with Crippen LogP contribution in [0.4, 0.5) is 0 Å². The molecular formula is C14H27N3O. The smallest absolute Gasteiger partial charge is 0.239 e. The van der Waals surface area contributed by atoms with Crippen molar-refractivity contribution in [2.24, 2.45) is 17.1 Å². The monoisotopic (exact) mass is 253 g/mol. The lowest BCUT2D eigenvalue weighted by Crippen LogP contribution is -2.63. The van der Waals surface area contributed by atoms with Crippen molar-refractivity contribution >= 4 is 5.91 Å². The van der Waals surface area contributed by atoms with E-state index < -0.39 is 5.54 Å². The van der Waals surface area contributed by atoms with Crippen LogP contribution in [-0.4, -0.2) is 43.0 Å². The van der Waals surface area contributed by atoms with Crippen LogP contribution < -0.4 is 11.1 Å². The Morgan fingerprint density at radius 1 is 1.39 bits per heavy atom. The maximum atomic E-state index is 11.9. The van der Waals surface area contributed by atoms with Gasteiger partial charge in [0.1, 0.15) is 5.54 Å². The van der Waals surface area contributed by atoms with Gasteiger partial charge in [-0.15, -0.1) is 0 Å². The molecule has 3 N–H and O–H groups in total. The van der Waals surface area contributed by atoms with Gasteiger partial charge < -0.3 is 16.0 Å². The van der Waals surface area contributed by atoms with Crippen molar-refractivity contribution in [3.8, 4) is 0 Å². The van der Waals surface area contributed by atoms with E-state index >= 15 is 0 Å². The van der Waals surface area contributed by atoms with E-state index in [-0.39, 0.29) is 5.91 Å². The fourth-order valence-corrected chi connectivity index (χ4v) is 3.06. The molecule has 2 aliphatic rings. The van der Waals surface area contributed by atoms with Crippen LogP contribution >= 0.6 is 0 Å². The van der Waals surface area contributed by atoms with Crippen molar-refractivity contribution in [1.82, 2.24) is 10.2 Å². The number of carbonyl (C=O) groups excluding carboxylic acids is 1. The number of likely N-dealkylation sites (tertiary alicyclic amines) is 1. The number of primary amides is 1. The number of hydrogen-bond acceptors (Lipinski definition) is 3. The molecule has 18 heavy (non-hydrogen) atoms. The summed E-state index contributed by atoms with van der Waals surface area (Å²) in [7, 11) is 1.87. The molecule has 2 fully saturated rings. The molecule has 1 atom stereocenters. The van der Waals surface area contributed by atoms with E-state index in [1.165, 1.54) is 12.8 Å². The molecule has 2 rings (SSSR count). The number of likely N-dealkylation sites (N-methyl/N-ethyl adjacent to an activating group) is 1. The Bertz CT molecular complexity index is 315. The van der Waals surface area contributed by atoms with Gasteiger partial charge in [0, 0.05) is 6.54 Å². The van der Waals surface area contributed by atoms with E-state index in [1.54, 1.807) is 0 Å². The highest BCUT2D eigenvalue weighted by atomic mass is 16.1. The van der Waals surface area contributed by atoms with Gasteiger partial charge in [0.15, 0.2) is 0 Å². The summed E-state index contributed by atoms with van der Waals surface area (Å²) in [5.41, 5.74) is 5.62. The number of piperidine rings is 1. The number of rotatable bonds is 5. The summed E-state index contributed by atoms with van der Waals surface area (Å²) in [6, 6.07) is 0. The molecule has 1 heterocycles. The largest absolute Gasteiger partial charge is 0.368 e. The molecule has 1 amide bonds. The molecule has 1 saturated heterocycles. The first-order chi connectivity index (χ1) is 8.39. The van der Waals surface area contributed by atoms with Gasteiger partial charge in [0.05, 0.1) is 0 Å². The number of nitrogens with zero attached hydrogens (tertiary/aromatic N) is 1. The Morgan fingerprint density at radius 3 is 2.33 bits per heavy atom. The summed E-state index contributed by atoms with van der Waals surface area (Å²) in [5.74, 6) is 0.257. The van der Waals surface area contributed by atoms with Crippen LogP contribution in [0.25, 0.3) is 0 Å². The van der Waals surface area contributed by atoms with Crippen LogP contribution in [0.5, 0.6) is 0 Å². The molecule has 1 aliphatic heterocycles. The highest BCUT2D eigenvalue weighted by Crippen LogP contribution is 2.41. The van der Waals surface area contributed by atoms with Crippen LogP contribution in [-0.2, 0) is 4.79 Å². The van der Waals surface area contributed by atoms with Crippen molar-refractivity contribution in [3.05, 3.63) is 0 Å². The third-order valence-corrected chi connectivity index (χ3v) is 4.84. The average molecular weight is 253 g/mol. The Kier molecular flexibility index (Phi) is 3.70. The summed E-state index contributed by atoms with van der Waals surface area (Å²) in [6.07, 6.45) is 4.67. The zero-order valence-electron chi connectivity index (χ0n) is 12.0. The molecule has 0 bridgehead atoms. The summed E-state index contributed by atoms with van der Waals surface area (Å²) in [4.78, 5) is 14.3. The normalized spacial score (nSPS) is 27.7. The van der Waals surface area contributed by atoms with Gasteiger partial charge in [-0.3, -0.25) is 4.79 Å². The number of carbonyl (C=O) groups is 1. The van der Waals surface area contributed by atoms with Crippen LogP contribution in [0.3, 0.4) is 0 Å². The van der Waals surface area contributed by atoms with Crippen molar-refractivity contribution in [2.75, 3.05) is 26.7 Å². The predicted octanol–water partition coefficient (Wildman–Crippen LogP) is 0.962. The van der Waals surface area contributed by atoms with Crippen LogP contribution in [0.15, 0.2) is 0 Å². The fourth-order valence-electron chi connectivity index (χ4n) is 3.06. The van der Waals surface area contributed by atoms with E-state index in [4.69, 9.17) is 5.73 Å². The van der Waals surface area contributed by atoms with Gasteiger partial charge in [-0.2, -0.15) is 0 Å². The quantitative estimate of drug-likeness (QED) is 0.767. The Morgan fingerprint density at radius 2 is 1.94 bits per heavy atom. The minimum Gasteiger partial charge on any atom is -0.368 e.